The quantitative estimate of drug-likeness (QED) is 0.662. The summed E-state index contributed by atoms with van der Waals surface area (Å²) in [6, 6.07) is 8.19. The molecular formula is C20H24N4O4S. The van der Waals surface area contributed by atoms with Gasteiger partial charge in [0.05, 0.1) is 21.5 Å². The van der Waals surface area contributed by atoms with Crippen LogP contribution in [-0.4, -0.2) is 42.9 Å². The number of aryl methyl sites for hydroxylation is 1. The molecule has 2 heterocycles. The molecule has 8 nitrogen and oxygen atoms in total. The topological polar surface area (TPSA) is 105 Å². The van der Waals surface area contributed by atoms with Crippen LogP contribution in [0.5, 0.6) is 0 Å². The van der Waals surface area contributed by atoms with Gasteiger partial charge in [-0.2, -0.15) is 0 Å². The average molecular weight is 417 g/mol. The first kappa shape index (κ1) is 20.9. The standard InChI is InChI=1S/C20H24N4O4S/c1-12(2)17-10-16(18-13(3)23-28-20(18)22-17)19(25)21-11-14-6-8-15(9-7-14)29(26,27)24(4)5/h6-10,12H,11H2,1-5H3,(H,21,25). The number of nitrogens with zero attached hydrogens (tertiary/aromatic N) is 3. The highest BCUT2D eigenvalue weighted by Gasteiger charge is 2.20. The zero-order valence-corrected chi connectivity index (χ0v) is 17.9. The molecule has 154 valence electrons. The van der Waals surface area contributed by atoms with Crippen LogP contribution in [0.3, 0.4) is 0 Å². The normalized spacial score (nSPS) is 12.1. The molecule has 1 N–H and O–H groups in total. The molecule has 0 radical (unpaired) electrons. The van der Waals surface area contributed by atoms with E-state index >= 15 is 0 Å². The average Bonchev–Trinajstić information content (AvgIpc) is 3.06. The van der Waals surface area contributed by atoms with Crippen molar-refractivity contribution < 1.29 is 17.7 Å². The van der Waals surface area contributed by atoms with Crippen molar-refractivity contribution in [1.29, 1.82) is 0 Å². The zero-order valence-electron chi connectivity index (χ0n) is 17.1. The third-order valence-electron chi connectivity index (χ3n) is 4.63. The number of carbonyl (C=O) groups excluding carboxylic acids is 1. The molecular weight excluding hydrogens is 392 g/mol. The number of rotatable bonds is 6. The Labute approximate surface area is 170 Å². The fourth-order valence-electron chi connectivity index (χ4n) is 2.86. The van der Waals surface area contributed by atoms with Crippen molar-refractivity contribution in [3.63, 3.8) is 0 Å². The second-order valence-electron chi connectivity index (χ2n) is 7.31. The first-order chi connectivity index (χ1) is 13.6. The molecule has 0 unspecified atom stereocenters. The lowest BCUT2D eigenvalue weighted by atomic mass is 10.0. The smallest absolute Gasteiger partial charge is 0.259 e. The summed E-state index contributed by atoms with van der Waals surface area (Å²) in [6.45, 7) is 6.00. The molecule has 3 aromatic rings. The van der Waals surface area contributed by atoms with Gasteiger partial charge in [0, 0.05) is 26.3 Å². The maximum Gasteiger partial charge on any atom is 0.259 e. The van der Waals surface area contributed by atoms with Crippen LogP contribution in [0.1, 0.15) is 47.1 Å². The lowest BCUT2D eigenvalue weighted by Gasteiger charge is -2.12. The van der Waals surface area contributed by atoms with Gasteiger partial charge in [0.15, 0.2) is 0 Å². The minimum Gasteiger partial charge on any atom is -0.348 e. The van der Waals surface area contributed by atoms with Crippen LogP contribution in [0.15, 0.2) is 39.8 Å². The predicted octanol–water partition coefficient (Wildman–Crippen LogP) is 2.83. The highest BCUT2D eigenvalue weighted by atomic mass is 32.2. The highest BCUT2D eigenvalue weighted by Crippen LogP contribution is 2.25. The van der Waals surface area contributed by atoms with E-state index in [1.807, 2.05) is 13.8 Å². The van der Waals surface area contributed by atoms with E-state index in [1.54, 1.807) is 25.1 Å². The van der Waals surface area contributed by atoms with Crippen LogP contribution in [0.4, 0.5) is 0 Å². The largest absolute Gasteiger partial charge is 0.348 e. The van der Waals surface area contributed by atoms with E-state index in [9.17, 15) is 13.2 Å². The molecule has 0 spiro atoms. The number of fused-ring (bicyclic) bond motifs is 1. The number of hydrogen-bond acceptors (Lipinski definition) is 6. The first-order valence-corrected chi connectivity index (χ1v) is 10.6. The summed E-state index contributed by atoms with van der Waals surface area (Å²) >= 11 is 0. The van der Waals surface area contributed by atoms with E-state index in [0.717, 1.165) is 15.6 Å². The van der Waals surface area contributed by atoms with Crippen molar-refractivity contribution in [1.82, 2.24) is 19.8 Å². The molecule has 0 atom stereocenters. The molecule has 9 heteroatoms. The summed E-state index contributed by atoms with van der Waals surface area (Å²) in [4.78, 5) is 17.5. The Hall–Kier alpha value is -2.78. The van der Waals surface area contributed by atoms with Crippen LogP contribution in [0.25, 0.3) is 11.1 Å². The van der Waals surface area contributed by atoms with Gasteiger partial charge in [0.2, 0.25) is 10.0 Å². The van der Waals surface area contributed by atoms with Crippen molar-refractivity contribution in [2.24, 2.45) is 0 Å². The second-order valence-corrected chi connectivity index (χ2v) is 9.46. The van der Waals surface area contributed by atoms with Gasteiger partial charge in [0.1, 0.15) is 0 Å². The number of hydrogen-bond donors (Lipinski definition) is 1. The van der Waals surface area contributed by atoms with Gasteiger partial charge < -0.3 is 9.84 Å². The van der Waals surface area contributed by atoms with E-state index in [0.29, 0.717) is 22.4 Å². The predicted molar refractivity (Wildman–Crippen MR) is 109 cm³/mol. The lowest BCUT2D eigenvalue weighted by molar-refractivity contribution is 0.0952. The Balaban J connectivity index is 1.82. The molecule has 0 aliphatic carbocycles. The van der Waals surface area contributed by atoms with Crippen LogP contribution >= 0.6 is 0 Å². The van der Waals surface area contributed by atoms with Gasteiger partial charge in [-0.3, -0.25) is 4.79 Å². The Kier molecular flexibility index (Phi) is 5.72. The summed E-state index contributed by atoms with van der Waals surface area (Å²) in [6.07, 6.45) is 0. The molecule has 0 aliphatic rings. The number of aromatic nitrogens is 2. The van der Waals surface area contributed by atoms with Gasteiger partial charge in [-0.15, -0.1) is 0 Å². The first-order valence-electron chi connectivity index (χ1n) is 9.18. The Morgan fingerprint density at radius 2 is 1.86 bits per heavy atom. The SMILES string of the molecule is Cc1noc2nc(C(C)C)cc(C(=O)NCc3ccc(S(=O)(=O)N(C)C)cc3)c12. The molecule has 1 aromatic carbocycles. The zero-order chi connectivity index (χ0) is 21.3. The van der Waals surface area contributed by atoms with Crippen LogP contribution in [-0.2, 0) is 16.6 Å². The van der Waals surface area contributed by atoms with Crippen molar-refractivity contribution in [2.45, 2.75) is 38.1 Å². The van der Waals surface area contributed by atoms with Crippen molar-refractivity contribution in [3.8, 4) is 0 Å². The van der Waals surface area contributed by atoms with E-state index in [-0.39, 0.29) is 23.3 Å². The molecule has 0 saturated carbocycles. The lowest BCUT2D eigenvalue weighted by Crippen LogP contribution is -2.24. The van der Waals surface area contributed by atoms with E-state index in [2.05, 4.69) is 15.5 Å². The number of amides is 1. The van der Waals surface area contributed by atoms with E-state index in [4.69, 9.17) is 4.52 Å². The van der Waals surface area contributed by atoms with Crippen molar-refractivity contribution in [3.05, 3.63) is 52.8 Å². The fourth-order valence-corrected chi connectivity index (χ4v) is 3.76. The van der Waals surface area contributed by atoms with Gasteiger partial charge in [-0.25, -0.2) is 17.7 Å². The van der Waals surface area contributed by atoms with E-state index < -0.39 is 10.0 Å². The Morgan fingerprint density at radius 1 is 1.21 bits per heavy atom. The summed E-state index contributed by atoms with van der Waals surface area (Å²) < 4.78 is 30.7. The summed E-state index contributed by atoms with van der Waals surface area (Å²) in [7, 11) is -0.515. The van der Waals surface area contributed by atoms with Gasteiger partial charge in [-0.1, -0.05) is 31.1 Å². The summed E-state index contributed by atoms with van der Waals surface area (Å²) in [5.41, 5.74) is 2.94. The van der Waals surface area contributed by atoms with E-state index in [1.165, 1.54) is 26.2 Å². The number of benzene rings is 1. The molecule has 1 amide bonds. The monoisotopic (exact) mass is 416 g/mol. The minimum absolute atomic E-state index is 0.127. The Morgan fingerprint density at radius 3 is 2.45 bits per heavy atom. The van der Waals surface area contributed by atoms with Crippen LogP contribution in [0.2, 0.25) is 0 Å². The van der Waals surface area contributed by atoms with Gasteiger partial charge in [0.25, 0.3) is 11.6 Å². The van der Waals surface area contributed by atoms with Crippen molar-refractivity contribution >= 4 is 27.0 Å². The third-order valence-corrected chi connectivity index (χ3v) is 6.46. The maximum atomic E-state index is 12.9. The molecule has 2 aromatic heterocycles. The van der Waals surface area contributed by atoms with Crippen LogP contribution < -0.4 is 5.32 Å². The highest BCUT2D eigenvalue weighted by molar-refractivity contribution is 7.89. The minimum atomic E-state index is -3.48. The molecule has 0 bridgehead atoms. The maximum absolute atomic E-state index is 12.9. The van der Waals surface area contributed by atoms with Gasteiger partial charge in [-0.05, 0) is 36.6 Å². The van der Waals surface area contributed by atoms with Crippen LogP contribution in [0, 0.1) is 6.92 Å². The number of carbonyl (C=O) groups is 1. The molecule has 0 saturated heterocycles. The molecule has 0 aliphatic heterocycles. The van der Waals surface area contributed by atoms with Gasteiger partial charge >= 0.3 is 0 Å². The molecule has 29 heavy (non-hydrogen) atoms. The number of sulfonamides is 1. The second kappa shape index (κ2) is 7.92. The number of pyridine rings is 1. The summed E-state index contributed by atoms with van der Waals surface area (Å²) in [5.74, 6) is -0.141. The van der Waals surface area contributed by atoms with Crippen molar-refractivity contribution in [2.75, 3.05) is 14.1 Å². The third kappa shape index (κ3) is 4.15. The Bertz CT molecular complexity index is 1150. The molecule has 3 rings (SSSR count). The number of nitrogens with one attached hydrogen (secondary N) is 1. The molecule has 0 fully saturated rings. The summed E-state index contributed by atoms with van der Waals surface area (Å²) in [5, 5.41) is 7.40. The fraction of sp³-hybridized carbons (Fsp3) is 0.350.